The number of carbonyl (C=O) groups excluding carboxylic acids is 2. The number of aryl methyl sites for hydroxylation is 1. The summed E-state index contributed by atoms with van der Waals surface area (Å²) in [6, 6.07) is 14.9. The van der Waals surface area contributed by atoms with Crippen LogP contribution < -0.4 is 9.30 Å². The molecule has 134 valence electrons. The van der Waals surface area contributed by atoms with E-state index in [1.54, 1.807) is 34.8 Å². The van der Waals surface area contributed by atoms with E-state index in [2.05, 4.69) is 0 Å². The Labute approximate surface area is 150 Å². The second-order valence-corrected chi connectivity index (χ2v) is 6.32. The SMILES string of the molecule is C[n+]1ccccc1OC(=O)[C@@H]1O[C@H]2CN(Cc3ccccc3)C(=O)[C@@H]1O2. The van der Waals surface area contributed by atoms with Gasteiger partial charge in [0.25, 0.3) is 5.91 Å². The fraction of sp³-hybridized carbons (Fsp3) is 0.316. The van der Waals surface area contributed by atoms with Crippen molar-refractivity contribution in [1.29, 1.82) is 0 Å². The average Bonchev–Trinajstić information content (AvgIpc) is 3.02. The Balaban J connectivity index is 1.47. The van der Waals surface area contributed by atoms with Crippen LogP contribution in [0.2, 0.25) is 0 Å². The molecule has 3 atom stereocenters. The summed E-state index contributed by atoms with van der Waals surface area (Å²) in [5.74, 6) is -0.521. The van der Waals surface area contributed by atoms with Gasteiger partial charge in [0.1, 0.15) is 7.05 Å². The summed E-state index contributed by atoms with van der Waals surface area (Å²) in [5, 5.41) is 0. The van der Waals surface area contributed by atoms with Crippen LogP contribution in [0.15, 0.2) is 54.7 Å². The van der Waals surface area contributed by atoms with Gasteiger partial charge in [-0.1, -0.05) is 30.3 Å². The summed E-state index contributed by atoms with van der Waals surface area (Å²) in [7, 11) is 1.76. The third kappa shape index (κ3) is 3.18. The third-order valence-corrected chi connectivity index (χ3v) is 4.46. The minimum atomic E-state index is -1.06. The van der Waals surface area contributed by atoms with Crippen molar-refractivity contribution in [2.75, 3.05) is 6.54 Å². The van der Waals surface area contributed by atoms with Gasteiger partial charge in [-0.3, -0.25) is 4.79 Å². The van der Waals surface area contributed by atoms with Gasteiger partial charge in [0.15, 0.2) is 24.7 Å². The van der Waals surface area contributed by atoms with Crippen LogP contribution in [0.4, 0.5) is 0 Å². The number of ether oxygens (including phenoxy) is 3. The molecule has 26 heavy (non-hydrogen) atoms. The molecular formula is C19H19N2O5+. The molecule has 2 aliphatic rings. The summed E-state index contributed by atoms with van der Waals surface area (Å²) in [6.07, 6.45) is -0.893. The van der Waals surface area contributed by atoms with Crippen molar-refractivity contribution in [3.8, 4) is 5.88 Å². The van der Waals surface area contributed by atoms with Crippen LogP contribution in [-0.2, 0) is 32.7 Å². The molecule has 4 rings (SSSR count). The number of pyridine rings is 1. The molecule has 2 aliphatic heterocycles. The van der Waals surface area contributed by atoms with Crippen LogP contribution in [-0.4, -0.2) is 41.8 Å². The molecule has 0 saturated carbocycles. The number of rotatable bonds is 4. The lowest BCUT2D eigenvalue weighted by Gasteiger charge is -2.30. The number of esters is 1. The van der Waals surface area contributed by atoms with Crippen LogP contribution in [0, 0.1) is 0 Å². The van der Waals surface area contributed by atoms with Crippen LogP contribution in [0.25, 0.3) is 0 Å². The largest absolute Gasteiger partial charge is 0.375 e. The lowest BCUT2D eigenvalue weighted by molar-refractivity contribution is -0.675. The summed E-state index contributed by atoms with van der Waals surface area (Å²) in [6.45, 7) is 0.738. The van der Waals surface area contributed by atoms with Crippen molar-refractivity contribution < 1.29 is 28.4 Å². The van der Waals surface area contributed by atoms with Crippen molar-refractivity contribution in [3.63, 3.8) is 0 Å². The maximum atomic E-state index is 12.7. The molecule has 1 aromatic carbocycles. The monoisotopic (exact) mass is 355 g/mol. The number of amides is 1. The number of hydrogen-bond donors (Lipinski definition) is 0. The van der Waals surface area contributed by atoms with Crippen LogP contribution in [0.3, 0.4) is 0 Å². The Kier molecular flexibility index (Phi) is 4.40. The highest BCUT2D eigenvalue weighted by atomic mass is 16.7. The van der Waals surface area contributed by atoms with Crippen molar-refractivity contribution in [2.45, 2.75) is 25.0 Å². The van der Waals surface area contributed by atoms with Gasteiger partial charge in [-0.2, -0.15) is 4.57 Å². The maximum Gasteiger partial charge on any atom is 0.375 e. The number of morpholine rings is 1. The van der Waals surface area contributed by atoms with Crippen molar-refractivity contribution >= 4 is 11.9 Å². The fourth-order valence-electron chi connectivity index (χ4n) is 3.13. The van der Waals surface area contributed by atoms with Gasteiger partial charge in [0.2, 0.25) is 0 Å². The molecule has 3 heterocycles. The van der Waals surface area contributed by atoms with Crippen molar-refractivity contribution in [2.24, 2.45) is 7.05 Å². The van der Waals surface area contributed by atoms with Gasteiger partial charge >= 0.3 is 11.8 Å². The van der Waals surface area contributed by atoms with E-state index in [4.69, 9.17) is 14.2 Å². The zero-order valence-electron chi connectivity index (χ0n) is 14.3. The maximum absolute atomic E-state index is 12.7. The van der Waals surface area contributed by atoms with E-state index in [-0.39, 0.29) is 12.5 Å². The minimum absolute atomic E-state index is 0.262. The van der Waals surface area contributed by atoms with E-state index < -0.39 is 24.5 Å². The van der Waals surface area contributed by atoms with E-state index in [1.165, 1.54) is 0 Å². The topological polar surface area (TPSA) is 69.0 Å². The third-order valence-electron chi connectivity index (χ3n) is 4.46. The second kappa shape index (κ2) is 6.86. The predicted octanol–water partition coefficient (Wildman–Crippen LogP) is 0.569. The zero-order valence-corrected chi connectivity index (χ0v) is 14.3. The minimum Gasteiger partial charge on any atom is -0.369 e. The molecule has 2 aromatic rings. The van der Waals surface area contributed by atoms with E-state index in [0.717, 1.165) is 5.56 Å². The average molecular weight is 355 g/mol. The molecular weight excluding hydrogens is 336 g/mol. The van der Waals surface area contributed by atoms with Crippen LogP contribution in [0.1, 0.15) is 5.56 Å². The van der Waals surface area contributed by atoms with E-state index >= 15 is 0 Å². The summed E-state index contributed by atoms with van der Waals surface area (Å²) >= 11 is 0. The molecule has 0 unspecified atom stereocenters. The first-order chi connectivity index (χ1) is 12.6. The number of benzene rings is 1. The molecule has 1 amide bonds. The summed E-state index contributed by atoms with van der Waals surface area (Å²) in [5.41, 5.74) is 1.01. The number of aromatic nitrogens is 1. The Hall–Kier alpha value is -2.77. The lowest BCUT2D eigenvalue weighted by Crippen LogP contribution is -2.50. The molecule has 0 radical (unpaired) electrons. The van der Waals surface area contributed by atoms with Crippen LogP contribution in [0.5, 0.6) is 5.88 Å². The molecule has 0 aliphatic carbocycles. The molecule has 1 aromatic heterocycles. The molecule has 7 nitrogen and oxygen atoms in total. The van der Waals surface area contributed by atoms with Gasteiger partial charge in [-0.15, -0.1) is 0 Å². The number of nitrogens with zero attached hydrogens (tertiary/aromatic N) is 2. The standard InChI is InChI=1S/C19H19N2O5/c1-20-10-6-5-9-14(20)24-19(23)17-16-18(22)21(12-15(25-16)26-17)11-13-7-3-2-4-8-13/h2-10,15-17H,11-12H2,1H3/q+1/t15-,16+,17+/m0/s1. The van der Waals surface area contributed by atoms with Crippen LogP contribution >= 0.6 is 0 Å². The molecule has 2 fully saturated rings. The molecule has 7 heteroatoms. The highest BCUT2D eigenvalue weighted by Crippen LogP contribution is 2.28. The molecule has 2 saturated heterocycles. The number of carbonyl (C=O) groups is 2. The summed E-state index contributed by atoms with van der Waals surface area (Å²) < 4.78 is 18.2. The first-order valence-corrected chi connectivity index (χ1v) is 8.42. The highest BCUT2D eigenvalue weighted by molar-refractivity contribution is 5.90. The first-order valence-electron chi connectivity index (χ1n) is 8.42. The van der Waals surface area contributed by atoms with Gasteiger partial charge in [-0.05, 0) is 11.6 Å². The Morgan fingerprint density at radius 3 is 2.73 bits per heavy atom. The highest BCUT2D eigenvalue weighted by Gasteiger charge is 2.52. The number of hydrogen-bond acceptors (Lipinski definition) is 5. The predicted molar refractivity (Wildman–Crippen MR) is 88.6 cm³/mol. The Bertz CT molecular complexity index is 826. The van der Waals surface area contributed by atoms with Gasteiger partial charge in [0, 0.05) is 12.6 Å². The van der Waals surface area contributed by atoms with Crippen molar-refractivity contribution in [1.82, 2.24) is 4.90 Å². The van der Waals surface area contributed by atoms with Gasteiger partial charge in [0.05, 0.1) is 12.6 Å². The van der Waals surface area contributed by atoms with Gasteiger partial charge < -0.3 is 19.1 Å². The van der Waals surface area contributed by atoms with Gasteiger partial charge in [-0.25, -0.2) is 4.79 Å². The zero-order chi connectivity index (χ0) is 18.1. The smallest absolute Gasteiger partial charge is 0.369 e. The molecule has 0 N–H and O–H groups in total. The molecule has 0 spiro atoms. The second-order valence-electron chi connectivity index (χ2n) is 6.32. The fourth-order valence-corrected chi connectivity index (χ4v) is 3.13. The quantitative estimate of drug-likeness (QED) is 0.592. The van der Waals surface area contributed by atoms with E-state index in [1.807, 2.05) is 36.4 Å². The molecule has 2 bridgehead atoms. The van der Waals surface area contributed by atoms with Crippen molar-refractivity contribution in [3.05, 3.63) is 60.3 Å². The Morgan fingerprint density at radius 2 is 1.96 bits per heavy atom. The van der Waals surface area contributed by atoms with E-state index in [0.29, 0.717) is 12.4 Å². The number of fused-ring (bicyclic) bond motifs is 2. The lowest BCUT2D eigenvalue weighted by atomic mass is 10.1. The van der Waals surface area contributed by atoms with E-state index in [9.17, 15) is 9.59 Å². The Morgan fingerprint density at radius 1 is 1.19 bits per heavy atom. The first kappa shape index (κ1) is 16.7. The normalized spacial score (nSPS) is 24.6. The summed E-state index contributed by atoms with van der Waals surface area (Å²) in [4.78, 5) is 26.9.